The van der Waals surface area contributed by atoms with Gasteiger partial charge in [-0.2, -0.15) is 0 Å². The van der Waals surface area contributed by atoms with Crippen LogP contribution in [0, 0.1) is 11.8 Å². The van der Waals surface area contributed by atoms with Gasteiger partial charge >= 0.3 is 5.97 Å². The zero-order valence-corrected chi connectivity index (χ0v) is 15.2. The van der Waals surface area contributed by atoms with E-state index in [-0.39, 0.29) is 24.0 Å². The lowest BCUT2D eigenvalue weighted by Gasteiger charge is -2.29. The van der Waals surface area contributed by atoms with Gasteiger partial charge in [0.05, 0.1) is 38.8 Å². The van der Waals surface area contributed by atoms with E-state index in [1.54, 1.807) is 7.11 Å². The summed E-state index contributed by atoms with van der Waals surface area (Å²) in [5, 5.41) is 0. The van der Waals surface area contributed by atoms with Crippen molar-refractivity contribution >= 4 is 11.9 Å². The third kappa shape index (κ3) is 2.28. The van der Waals surface area contributed by atoms with Crippen molar-refractivity contribution in [3.05, 3.63) is 42.0 Å². The van der Waals surface area contributed by atoms with Gasteiger partial charge in [0, 0.05) is 0 Å². The summed E-state index contributed by atoms with van der Waals surface area (Å²) in [6.45, 7) is 2.52. The van der Waals surface area contributed by atoms with Crippen LogP contribution in [-0.2, 0) is 19.1 Å². The van der Waals surface area contributed by atoms with E-state index in [1.807, 2.05) is 41.3 Å². The fraction of sp³-hybridized carbons (Fsp3) is 0.500. The number of hydrogen-bond donors (Lipinski definition) is 0. The van der Waals surface area contributed by atoms with Crippen LogP contribution in [0.2, 0.25) is 0 Å². The molecule has 6 nitrogen and oxygen atoms in total. The van der Waals surface area contributed by atoms with E-state index in [4.69, 9.17) is 14.2 Å². The van der Waals surface area contributed by atoms with Crippen molar-refractivity contribution in [2.75, 3.05) is 20.8 Å². The number of ether oxygens (including phenoxy) is 3. The monoisotopic (exact) mass is 357 g/mol. The summed E-state index contributed by atoms with van der Waals surface area (Å²) < 4.78 is 16.2. The van der Waals surface area contributed by atoms with Gasteiger partial charge in [-0.15, -0.1) is 0 Å². The van der Waals surface area contributed by atoms with Crippen molar-refractivity contribution in [3.63, 3.8) is 0 Å². The Balaban J connectivity index is 1.65. The summed E-state index contributed by atoms with van der Waals surface area (Å²) in [5.41, 5.74) is 0.340. The molecule has 2 fully saturated rings. The molecule has 3 aliphatic rings. The highest BCUT2D eigenvalue weighted by atomic mass is 16.5. The maximum atomic E-state index is 13.3. The van der Waals surface area contributed by atoms with E-state index >= 15 is 0 Å². The summed E-state index contributed by atoms with van der Waals surface area (Å²) in [6, 6.07) is 7.70. The first kappa shape index (κ1) is 17.1. The zero-order chi connectivity index (χ0) is 18.5. The van der Waals surface area contributed by atoms with E-state index in [1.165, 1.54) is 7.11 Å². The quantitative estimate of drug-likeness (QED) is 0.596. The second-order valence-corrected chi connectivity index (χ2v) is 7.09. The minimum absolute atomic E-state index is 0.0325. The molecule has 1 aromatic rings. The van der Waals surface area contributed by atoms with Gasteiger partial charge in [0.15, 0.2) is 0 Å². The smallest absolute Gasteiger partial charge is 0.312 e. The van der Waals surface area contributed by atoms with Crippen molar-refractivity contribution in [2.45, 2.75) is 31.1 Å². The molecule has 6 heteroatoms. The molecule has 0 radical (unpaired) electrons. The van der Waals surface area contributed by atoms with Crippen LogP contribution in [-0.4, -0.2) is 49.2 Å². The van der Waals surface area contributed by atoms with Crippen LogP contribution in [0.3, 0.4) is 0 Å². The molecule has 5 unspecified atom stereocenters. The molecule has 5 atom stereocenters. The molecule has 3 aliphatic heterocycles. The first-order valence-electron chi connectivity index (χ1n) is 8.94. The maximum Gasteiger partial charge on any atom is 0.312 e. The van der Waals surface area contributed by atoms with Crippen molar-refractivity contribution in [1.29, 1.82) is 0 Å². The number of benzene rings is 1. The number of carbonyl (C=O) groups excluding carboxylic acids is 2. The Morgan fingerprint density at radius 3 is 2.69 bits per heavy atom. The van der Waals surface area contributed by atoms with Gasteiger partial charge in [-0.25, -0.2) is 0 Å². The minimum Gasteiger partial charge on any atom is -0.497 e. The molecule has 26 heavy (non-hydrogen) atoms. The average Bonchev–Trinajstić information content (AvgIpc) is 3.31. The van der Waals surface area contributed by atoms with Crippen LogP contribution in [0.25, 0.3) is 0 Å². The van der Waals surface area contributed by atoms with Crippen molar-refractivity contribution in [3.8, 4) is 5.75 Å². The van der Waals surface area contributed by atoms with Gasteiger partial charge in [-0.1, -0.05) is 31.2 Å². The van der Waals surface area contributed by atoms with Crippen LogP contribution < -0.4 is 4.74 Å². The summed E-state index contributed by atoms with van der Waals surface area (Å²) in [7, 11) is 2.98. The first-order chi connectivity index (χ1) is 12.5. The number of rotatable bonds is 5. The van der Waals surface area contributed by atoms with Gasteiger partial charge in [0.2, 0.25) is 5.91 Å². The molecule has 138 valence electrons. The lowest BCUT2D eigenvalue weighted by Crippen LogP contribution is -2.39. The minimum atomic E-state index is -0.708. The molecule has 1 aromatic carbocycles. The Bertz CT molecular complexity index is 758. The predicted octanol–water partition coefficient (Wildman–Crippen LogP) is 2.10. The highest BCUT2D eigenvalue weighted by molar-refractivity contribution is 5.91. The Hall–Kier alpha value is -2.34. The van der Waals surface area contributed by atoms with E-state index in [2.05, 4.69) is 6.92 Å². The highest BCUT2D eigenvalue weighted by Crippen LogP contribution is 2.53. The predicted molar refractivity (Wildman–Crippen MR) is 93.5 cm³/mol. The topological polar surface area (TPSA) is 65.1 Å². The molecular weight excluding hydrogens is 334 g/mol. The standard InChI is InChI=1S/C20H23NO5/c1-4-14(12-5-7-13(24-2)8-6-12)21-11-20-10-9-15(26-20)16(19(23)25-3)17(20)18(21)22/h5-10,14-17H,4,11H2,1-3H3. The lowest BCUT2D eigenvalue weighted by atomic mass is 9.77. The summed E-state index contributed by atoms with van der Waals surface area (Å²) in [6.07, 6.45) is 4.26. The number of hydrogen-bond acceptors (Lipinski definition) is 5. The maximum absolute atomic E-state index is 13.3. The fourth-order valence-corrected chi connectivity index (χ4v) is 4.66. The largest absolute Gasteiger partial charge is 0.497 e. The van der Waals surface area contributed by atoms with Crippen LogP contribution in [0.1, 0.15) is 24.9 Å². The number of esters is 1. The van der Waals surface area contributed by atoms with Gasteiger partial charge in [-0.3, -0.25) is 9.59 Å². The Morgan fingerprint density at radius 2 is 2.08 bits per heavy atom. The molecule has 2 saturated heterocycles. The number of fused-ring (bicyclic) bond motifs is 1. The third-order valence-electron chi connectivity index (χ3n) is 5.87. The summed E-state index contributed by atoms with van der Waals surface area (Å²) in [4.78, 5) is 27.4. The summed E-state index contributed by atoms with van der Waals surface area (Å²) in [5.74, 6) is -0.690. The molecule has 4 rings (SSSR count). The Morgan fingerprint density at radius 1 is 1.35 bits per heavy atom. The third-order valence-corrected chi connectivity index (χ3v) is 5.87. The molecule has 0 aromatic heterocycles. The number of nitrogens with zero attached hydrogens (tertiary/aromatic N) is 1. The molecule has 2 bridgehead atoms. The van der Waals surface area contributed by atoms with Crippen molar-refractivity contribution in [2.24, 2.45) is 11.8 Å². The van der Waals surface area contributed by atoms with Gasteiger partial charge in [0.25, 0.3) is 0 Å². The molecular formula is C20H23NO5. The van der Waals surface area contributed by atoms with Crippen LogP contribution >= 0.6 is 0 Å². The summed E-state index contributed by atoms with van der Waals surface area (Å²) >= 11 is 0. The average molecular weight is 357 g/mol. The molecule has 1 amide bonds. The molecule has 3 heterocycles. The normalized spacial score (nSPS) is 32.7. The van der Waals surface area contributed by atoms with Gasteiger partial charge in [0.1, 0.15) is 17.3 Å². The van der Waals surface area contributed by atoms with Crippen LogP contribution in [0.4, 0.5) is 0 Å². The Labute approximate surface area is 152 Å². The molecule has 1 spiro atoms. The molecule has 0 N–H and O–H groups in total. The van der Waals surface area contributed by atoms with E-state index < -0.39 is 17.4 Å². The highest BCUT2D eigenvalue weighted by Gasteiger charge is 2.67. The van der Waals surface area contributed by atoms with E-state index in [9.17, 15) is 9.59 Å². The lowest BCUT2D eigenvalue weighted by molar-refractivity contribution is -0.151. The van der Waals surface area contributed by atoms with E-state index in [0.29, 0.717) is 6.54 Å². The van der Waals surface area contributed by atoms with Crippen LogP contribution in [0.5, 0.6) is 5.75 Å². The Kier molecular flexibility index (Phi) is 4.03. The van der Waals surface area contributed by atoms with E-state index in [0.717, 1.165) is 17.7 Å². The molecule has 0 aliphatic carbocycles. The number of amides is 1. The zero-order valence-electron chi connectivity index (χ0n) is 15.2. The van der Waals surface area contributed by atoms with Crippen LogP contribution in [0.15, 0.2) is 36.4 Å². The van der Waals surface area contributed by atoms with Crippen molar-refractivity contribution in [1.82, 2.24) is 4.90 Å². The second kappa shape index (κ2) is 6.13. The van der Waals surface area contributed by atoms with Crippen molar-refractivity contribution < 1.29 is 23.8 Å². The number of methoxy groups -OCH3 is 2. The first-order valence-corrected chi connectivity index (χ1v) is 8.94. The SMILES string of the molecule is CCC(c1ccc(OC)cc1)N1CC23C=CC(O2)C(C(=O)OC)C3C1=O. The molecule has 0 saturated carbocycles. The second-order valence-electron chi connectivity index (χ2n) is 7.09. The fourth-order valence-electron chi connectivity index (χ4n) is 4.66. The van der Waals surface area contributed by atoms with Gasteiger partial charge < -0.3 is 19.1 Å². The number of carbonyl (C=O) groups is 2. The number of likely N-dealkylation sites (tertiary alicyclic amines) is 1. The van der Waals surface area contributed by atoms with Gasteiger partial charge in [-0.05, 0) is 24.1 Å².